The molecule has 3 nitrogen and oxygen atoms in total. The number of nitrogens with one attached hydrogen (secondary N) is 2. The second-order valence-corrected chi connectivity index (χ2v) is 4.94. The van der Waals surface area contributed by atoms with E-state index in [1.165, 1.54) is 5.56 Å². The van der Waals surface area contributed by atoms with Crippen LogP contribution in [0.3, 0.4) is 0 Å². The summed E-state index contributed by atoms with van der Waals surface area (Å²) in [5.41, 5.74) is 2.12. The average molecular weight is 232 g/mol. The lowest BCUT2D eigenvalue weighted by molar-refractivity contribution is -0.117. The monoisotopic (exact) mass is 232 g/mol. The molecule has 2 N–H and O–H groups in total. The molecule has 1 aromatic rings. The Morgan fingerprint density at radius 1 is 1.35 bits per heavy atom. The van der Waals surface area contributed by atoms with E-state index >= 15 is 0 Å². The molecule has 0 aliphatic heterocycles. The summed E-state index contributed by atoms with van der Waals surface area (Å²) in [5.74, 6) is 0.941. The Bertz CT molecular complexity index is 399. The molecule has 1 aliphatic carbocycles. The van der Waals surface area contributed by atoms with Crippen LogP contribution in [0.25, 0.3) is 0 Å². The van der Waals surface area contributed by atoms with Crippen molar-refractivity contribution in [3.05, 3.63) is 29.8 Å². The topological polar surface area (TPSA) is 41.1 Å². The Labute approximate surface area is 103 Å². The lowest BCUT2D eigenvalue weighted by atomic mass is 10.1. The lowest BCUT2D eigenvalue weighted by Crippen LogP contribution is -2.15. The van der Waals surface area contributed by atoms with Crippen LogP contribution >= 0.6 is 0 Å². The summed E-state index contributed by atoms with van der Waals surface area (Å²) >= 11 is 0. The van der Waals surface area contributed by atoms with E-state index in [0.29, 0.717) is 12.0 Å². The van der Waals surface area contributed by atoms with Crippen LogP contribution in [0, 0.1) is 11.8 Å². The van der Waals surface area contributed by atoms with Crippen molar-refractivity contribution < 1.29 is 4.79 Å². The summed E-state index contributed by atoms with van der Waals surface area (Å²) in [6.07, 6.45) is 1.03. The Morgan fingerprint density at radius 3 is 2.41 bits per heavy atom. The Morgan fingerprint density at radius 2 is 1.94 bits per heavy atom. The quantitative estimate of drug-likeness (QED) is 0.837. The number of amides is 1. The lowest BCUT2D eigenvalue weighted by Gasteiger charge is -2.11. The number of carbonyl (C=O) groups is 1. The molecule has 0 spiro atoms. The minimum absolute atomic E-state index is 0.159. The predicted molar refractivity (Wildman–Crippen MR) is 69.8 cm³/mol. The van der Waals surface area contributed by atoms with Crippen molar-refractivity contribution in [1.29, 1.82) is 0 Å². The van der Waals surface area contributed by atoms with Gasteiger partial charge in [-0.25, -0.2) is 0 Å². The van der Waals surface area contributed by atoms with Crippen LogP contribution in [0.15, 0.2) is 24.3 Å². The number of rotatable bonds is 4. The van der Waals surface area contributed by atoms with Crippen LogP contribution in [-0.4, -0.2) is 13.0 Å². The molecule has 0 radical (unpaired) electrons. The van der Waals surface area contributed by atoms with Gasteiger partial charge in [-0.1, -0.05) is 19.1 Å². The van der Waals surface area contributed by atoms with E-state index in [1.54, 1.807) is 0 Å². The average Bonchev–Trinajstić information content (AvgIpc) is 3.06. The van der Waals surface area contributed by atoms with E-state index in [-0.39, 0.29) is 11.8 Å². The van der Waals surface area contributed by atoms with Crippen molar-refractivity contribution in [2.75, 3.05) is 12.4 Å². The molecule has 17 heavy (non-hydrogen) atoms. The van der Waals surface area contributed by atoms with E-state index in [4.69, 9.17) is 0 Å². The molecule has 3 heteroatoms. The molecule has 2 rings (SSSR count). The minimum Gasteiger partial charge on any atom is -0.326 e. The number of benzene rings is 1. The minimum atomic E-state index is 0.159. The summed E-state index contributed by atoms with van der Waals surface area (Å²) in [6.45, 7) is 4.22. The van der Waals surface area contributed by atoms with Crippen LogP contribution < -0.4 is 10.6 Å². The first-order valence-electron chi connectivity index (χ1n) is 6.20. The highest BCUT2D eigenvalue weighted by Gasteiger charge is 2.38. The van der Waals surface area contributed by atoms with Gasteiger partial charge in [0, 0.05) is 17.6 Å². The molecular weight excluding hydrogens is 212 g/mol. The van der Waals surface area contributed by atoms with Crippen LogP contribution in [0.1, 0.15) is 31.9 Å². The van der Waals surface area contributed by atoms with Gasteiger partial charge in [-0.3, -0.25) is 4.79 Å². The summed E-state index contributed by atoms with van der Waals surface area (Å²) in [5, 5.41) is 6.15. The summed E-state index contributed by atoms with van der Waals surface area (Å²) in [6, 6.07) is 8.37. The van der Waals surface area contributed by atoms with Crippen molar-refractivity contribution >= 4 is 11.6 Å². The standard InChI is InChI=1S/C14H20N2O/c1-9-8-13(9)14(17)16-12-6-4-11(5-7-12)10(2)15-3/h4-7,9-10,13,15H,8H2,1-3H3,(H,16,17). The van der Waals surface area contributed by atoms with E-state index in [2.05, 4.69) is 24.5 Å². The summed E-state index contributed by atoms with van der Waals surface area (Å²) in [4.78, 5) is 11.7. The zero-order valence-corrected chi connectivity index (χ0v) is 10.7. The van der Waals surface area contributed by atoms with Gasteiger partial charge in [0.05, 0.1) is 0 Å². The van der Waals surface area contributed by atoms with Crippen molar-refractivity contribution in [3.63, 3.8) is 0 Å². The first kappa shape index (κ1) is 12.1. The largest absolute Gasteiger partial charge is 0.326 e. The highest BCUT2D eigenvalue weighted by Crippen LogP contribution is 2.38. The summed E-state index contributed by atoms with van der Waals surface area (Å²) in [7, 11) is 1.94. The van der Waals surface area contributed by atoms with Gasteiger partial charge in [-0.05, 0) is 44.0 Å². The van der Waals surface area contributed by atoms with Crippen molar-refractivity contribution in [3.8, 4) is 0 Å². The Balaban J connectivity index is 1.96. The van der Waals surface area contributed by atoms with E-state index in [0.717, 1.165) is 12.1 Å². The van der Waals surface area contributed by atoms with E-state index < -0.39 is 0 Å². The summed E-state index contributed by atoms with van der Waals surface area (Å²) < 4.78 is 0. The maximum atomic E-state index is 11.7. The number of hydrogen-bond donors (Lipinski definition) is 2. The van der Waals surface area contributed by atoms with Gasteiger partial charge in [0.2, 0.25) is 5.91 Å². The fraction of sp³-hybridized carbons (Fsp3) is 0.500. The maximum Gasteiger partial charge on any atom is 0.227 e. The fourth-order valence-electron chi connectivity index (χ4n) is 1.94. The van der Waals surface area contributed by atoms with Gasteiger partial charge in [0.25, 0.3) is 0 Å². The van der Waals surface area contributed by atoms with Crippen molar-refractivity contribution in [2.24, 2.45) is 11.8 Å². The SMILES string of the molecule is CNC(C)c1ccc(NC(=O)C2CC2C)cc1. The molecule has 0 saturated heterocycles. The zero-order valence-electron chi connectivity index (χ0n) is 10.7. The molecule has 3 atom stereocenters. The molecule has 0 aromatic heterocycles. The van der Waals surface area contributed by atoms with Gasteiger partial charge >= 0.3 is 0 Å². The van der Waals surface area contributed by atoms with Crippen LogP contribution in [0.5, 0.6) is 0 Å². The molecule has 92 valence electrons. The predicted octanol–water partition coefficient (Wildman–Crippen LogP) is 2.56. The molecule has 1 amide bonds. The first-order chi connectivity index (χ1) is 8.11. The third-order valence-electron chi connectivity index (χ3n) is 3.56. The third kappa shape index (κ3) is 2.86. The normalized spacial score (nSPS) is 24.2. The highest BCUT2D eigenvalue weighted by molar-refractivity contribution is 5.94. The molecule has 1 saturated carbocycles. The zero-order chi connectivity index (χ0) is 12.4. The maximum absolute atomic E-state index is 11.7. The number of hydrogen-bond acceptors (Lipinski definition) is 2. The number of carbonyl (C=O) groups excluding carboxylic acids is 1. The second kappa shape index (κ2) is 4.88. The third-order valence-corrected chi connectivity index (χ3v) is 3.56. The van der Waals surface area contributed by atoms with Crippen molar-refractivity contribution in [2.45, 2.75) is 26.3 Å². The van der Waals surface area contributed by atoms with Crippen LogP contribution in [-0.2, 0) is 4.79 Å². The van der Waals surface area contributed by atoms with Gasteiger partial charge in [0.1, 0.15) is 0 Å². The molecule has 3 unspecified atom stereocenters. The molecule has 0 bridgehead atoms. The number of anilines is 1. The smallest absolute Gasteiger partial charge is 0.227 e. The molecule has 1 aliphatic rings. The van der Waals surface area contributed by atoms with Gasteiger partial charge in [0.15, 0.2) is 0 Å². The molecule has 1 fully saturated rings. The van der Waals surface area contributed by atoms with Gasteiger partial charge < -0.3 is 10.6 Å². The fourth-order valence-corrected chi connectivity index (χ4v) is 1.94. The van der Waals surface area contributed by atoms with Crippen LogP contribution in [0.4, 0.5) is 5.69 Å². The van der Waals surface area contributed by atoms with E-state index in [1.807, 2.05) is 31.3 Å². The molecule has 0 heterocycles. The Hall–Kier alpha value is -1.35. The molecular formula is C14H20N2O. The van der Waals surface area contributed by atoms with Crippen LogP contribution in [0.2, 0.25) is 0 Å². The first-order valence-corrected chi connectivity index (χ1v) is 6.20. The second-order valence-electron chi connectivity index (χ2n) is 4.94. The highest BCUT2D eigenvalue weighted by atomic mass is 16.2. The molecule has 1 aromatic carbocycles. The Kier molecular flexibility index (Phi) is 3.48. The van der Waals surface area contributed by atoms with Gasteiger partial charge in [-0.15, -0.1) is 0 Å². The van der Waals surface area contributed by atoms with E-state index in [9.17, 15) is 4.79 Å². The van der Waals surface area contributed by atoms with Gasteiger partial charge in [-0.2, -0.15) is 0 Å². The van der Waals surface area contributed by atoms with Crippen molar-refractivity contribution in [1.82, 2.24) is 5.32 Å².